The molecule has 1 fully saturated rings. The van der Waals surface area contributed by atoms with E-state index in [4.69, 9.17) is 14.3 Å². The maximum absolute atomic E-state index is 12.9. The molecular weight excluding hydrogens is 506 g/mol. The molecule has 40 heavy (non-hydrogen) atoms. The van der Waals surface area contributed by atoms with Gasteiger partial charge in [0, 0.05) is 32.2 Å². The Bertz CT molecular complexity index is 1290. The van der Waals surface area contributed by atoms with E-state index in [2.05, 4.69) is 41.2 Å². The first-order valence-corrected chi connectivity index (χ1v) is 13.7. The normalized spacial score (nSPS) is 14.9. The van der Waals surface area contributed by atoms with Crippen molar-refractivity contribution in [3.63, 3.8) is 0 Å². The number of hydrogen-bond acceptors (Lipinski definition) is 7. The van der Waals surface area contributed by atoms with Crippen molar-refractivity contribution in [2.45, 2.75) is 26.8 Å². The SMILES string of the molecule is CCOC(=O)CON=C(C)c1ccc(-c2cccc(OCC(=O)N3CCN(C(C)c4ccccc4)CC3)c2)cc1. The average Bonchev–Trinajstić information content (AvgIpc) is 3.00. The van der Waals surface area contributed by atoms with Crippen molar-refractivity contribution in [1.29, 1.82) is 0 Å². The molecular formula is C32H37N3O5. The number of piperazine rings is 1. The number of benzene rings is 3. The van der Waals surface area contributed by atoms with Crippen LogP contribution in [0.3, 0.4) is 0 Å². The second-order valence-corrected chi connectivity index (χ2v) is 9.65. The van der Waals surface area contributed by atoms with Crippen molar-refractivity contribution < 1.29 is 23.9 Å². The summed E-state index contributed by atoms with van der Waals surface area (Å²) in [6.07, 6.45) is 0. The van der Waals surface area contributed by atoms with E-state index in [9.17, 15) is 9.59 Å². The fourth-order valence-electron chi connectivity index (χ4n) is 4.64. The van der Waals surface area contributed by atoms with Gasteiger partial charge in [-0.3, -0.25) is 9.69 Å². The molecule has 210 valence electrons. The quantitative estimate of drug-likeness (QED) is 0.194. The zero-order valence-electron chi connectivity index (χ0n) is 23.4. The van der Waals surface area contributed by atoms with Gasteiger partial charge in [0.15, 0.2) is 6.61 Å². The number of esters is 1. The molecule has 1 aliphatic heterocycles. The van der Waals surface area contributed by atoms with Crippen molar-refractivity contribution in [3.8, 4) is 16.9 Å². The number of ether oxygens (including phenoxy) is 2. The predicted molar refractivity (Wildman–Crippen MR) is 155 cm³/mol. The number of nitrogens with zero attached hydrogens (tertiary/aromatic N) is 3. The van der Waals surface area contributed by atoms with Gasteiger partial charge in [-0.1, -0.05) is 71.9 Å². The van der Waals surface area contributed by atoms with Crippen LogP contribution in [0.4, 0.5) is 0 Å². The Labute approximate surface area is 236 Å². The summed E-state index contributed by atoms with van der Waals surface area (Å²) >= 11 is 0. The zero-order chi connectivity index (χ0) is 28.3. The number of amides is 1. The summed E-state index contributed by atoms with van der Waals surface area (Å²) in [5, 5.41) is 4.00. The molecule has 0 aliphatic carbocycles. The Morgan fingerprint density at radius 3 is 2.30 bits per heavy atom. The number of oxime groups is 1. The third-order valence-electron chi connectivity index (χ3n) is 7.02. The Balaban J connectivity index is 1.27. The van der Waals surface area contributed by atoms with Gasteiger partial charge in [-0.25, -0.2) is 4.79 Å². The van der Waals surface area contributed by atoms with Crippen LogP contribution in [0.1, 0.15) is 37.9 Å². The van der Waals surface area contributed by atoms with E-state index in [1.807, 2.05) is 66.4 Å². The lowest BCUT2D eigenvalue weighted by molar-refractivity contribution is -0.148. The molecule has 3 aromatic rings. The van der Waals surface area contributed by atoms with Crippen molar-refractivity contribution in [2.75, 3.05) is 46.0 Å². The van der Waals surface area contributed by atoms with E-state index in [0.29, 0.717) is 37.2 Å². The molecule has 1 aliphatic rings. The van der Waals surface area contributed by atoms with Crippen LogP contribution in [0.5, 0.6) is 5.75 Å². The highest BCUT2D eigenvalue weighted by atomic mass is 16.7. The summed E-state index contributed by atoms with van der Waals surface area (Å²) < 4.78 is 10.7. The van der Waals surface area contributed by atoms with E-state index in [1.54, 1.807) is 6.92 Å². The second kappa shape index (κ2) is 14.3. The van der Waals surface area contributed by atoms with E-state index >= 15 is 0 Å². The zero-order valence-corrected chi connectivity index (χ0v) is 23.4. The molecule has 0 N–H and O–H groups in total. The van der Waals surface area contributed by atoms with Crippen molar-refractivity contribution in [2.24, 2.45) is 5.16 Å². The minimum absolute atomic E-state index is 0.00158. The Morgan fingerprint density at radius 1 is 0.875 bits per heavy atom. The van der Waals surface area contributed by atoms with E-state index in [-0.39, 0.29) is 19.1 Å². The first-order chi connectivity index (χ1) is 19.4. The highest BCUT2D eigenvalue weighted by Gasteiger charge is 2.25. The lowest BCUT2D eigenvalue weighted by Gasteiger charge is -2.38. The van der Waals surface area contributed by atoms with Crippen LogP contribution in [-0.2, 0) is 19.2 Å². The molecule has 3 aromatic carbocycles. The Hall–Kier alpha value is -4.17. The van der Waals surface area contributed by atoms with Crippen LogP contribution in [0.2, 0.25) is 0 Å². The fraction of sp³-hybridized carbons (Fsp3) is 0.344. The van der Waals surface area contributed by atoms with Gasteiger partial charge in [0.2, 0.25) is 6.61 Å². The molecule has 0 bridgehead atoms. The lowest BCUT2D eigenvalue weighted by Crippen LogP contribution is -2.50. The smallest absolute Gasteiger partial charge is 0.347 e. The third kappa shape index (κ3) is 7.93. The lowest BCUT2D eigenvalue weighted by atomic mass is 10.0. The van der Waals surface area contributed by atoms with Gasteiger partial charge in [0.05, 0.1) is 12.3 Å². The number of carbonyl (C=O) groups is 2. The van der Waals surface area contributed by atoms with Crippen LogP contribution < -0.4 is 4.74 Å². The van der Waals surface area contributed by atoms with Crippen LogP contribution in [-0.4, -0.2) is 73.4 Å². The van der Waals surface area contributed by atoms with Gasteiger partial charge in [0.25, 0.3) is 5.91 Å². The van der Waals surface area contributed by atoms with Crippen LogP contribution >= 0.6 is 0 Å². The number of rotatable bonds is 11. The maximum atomic E-state index is 12.9. The molecule has 1 heterocycles. The van der Waals surface area contributed by atoms with Crippen LogP contribution in [0.25, 0.3) is 11.1 Å². The molecule has 8 nitrogen and oxygen atoms in total. The molecule has 1 amide bonds. The molecule has 8 heteroatoms. The first kappa shape index (κ1) is 28.8. The third-order valence-corrected chi connectivity index (χ3v) is 7.02. The molecule has 0 aromatic heterocycles. The second-order valence-electron chi connectivity index (χ2n) is 9.65. The topological polar surface area (TPSA) is 80.7 Å². The number of hydrogen-bond donors (Lipinski definition) is 0. The largest absolute Gasteiger partial charge is 0.484 e. The van der Waals surface area contributed by atoms with Crippen molar-refractivity contribution >= 4 is 17.6 Å². The Morgan fingerprint density at radius 2 is 1.60 bits per heavy atom. The Kier molecular flexibility index (Phi) is 10.3. The molecule has 4 rings (SSSR count). The van der Waals surface area contributed by atoms with Gasteiger partial charge in [-0.15, -0.1) is 0 Å². The van der Waals surface area contributed by atoms with Gasteiger partial charge < -0.3 is 19.2 Å². The number of carbonyl (C=O) groups excluding carboxylic acids is 2. The predicted octanol–water partition coefficient (Wildman–Crippen LogP) is 4.94. The van der Waals surface area contributed by atoms with E-state index in [0.717, 1.165) is 29.8 Å². The van der Waals surface area contributed by atoms with Crippen molar-refractivity contribution in [1.82, 2.24) is 9.80 Å². The van der Waals surface area contributed by atoms with E-state index < -0.39 is 5.97 Å². The molecule has 0 radical (unpaired) electrons. The van der Waals surface area contributed by atoms with Gasteiger partial charge in [-0.2, -0.15) is 0 Å². The van der Waals surface area contributed by atoms with Crippen LogP contribution in [0.15, 0.2) is 84.0 Å². The standard InChI is InChI=1S/C32H37N3O5/c1-4-38-32(37)23-40-33-24(2)26-13-15-28(16-14-26)29-11-8-12-30(21-29)39-22-31(36)35-19-17-34(18-20-35)25(3)27-9-6-5-7-10-27/h5-16,21,25H,4,17-20,22-23H2,1-3H3. The molecule has 1 atom stereocenters. The minimum atomic E-state index is -0.450. The molecule has 0 saturated carbocycles. The molecule has 1 saturated heterocycles. The highest BCUT2D eigenvalue weighted by molar-refractivity contribution is 5.98. The van der Waals surface area contributed by atoms with Gasteiger partial charge in [0.1, 0.15) is 5.75 Å². The summed E-state index contributed by atoms with van der Waals surface area (Å²) in [5.41, 5.74) is 4.81. The molecule has 1 unspecified atom stereocenters. The van der Waals surface area contributed by atoms with Crippen molar-refractivity contribution in [3.05, 3.63) is 90.0 Å². The fourth-order valence-corrected chi connectivity index (χ4v) is 4.64. The average molecular weight is 544 g/mol. The first-order valence-electron chi connectivity index (χ1n) is 13.7. The summed E-state index contributed by atoms with van der Waals surface area (Å²) in [7, 11) is 0. The summed E-state index contributed by atoms with van der Waals surface area (Å²) in [5.74, 6) is 0.201. The molecule has 0 spiro atoms. The van der Waals surface area contributed by atoms with Gasteiger partial charge in [-0.05, 0) is 55.2 Å². The summed E-state index contributed by atoms with van der Waals surface area (Å²) in [6.45, 7) is 8.95. The summed E-state index contributed by atoms with van der Waals surface area (Å²) in [6, 6.07) is 26.4. The maximum Gasteiger partial charge on any atom is 0.347 e. The summed E-state index contributed by atoms with van der Waals surface area (Å²) in [4.78, 5) is 33.6. The van der Waals surface area contributed by atoms with Gasteiger partial charge >= 0.3 is 5.97 Å². The van der Waals surface area contributed by atoms with E-state index in [1.165, 1.54) is 5.56 Å². The minimum Gasteiger partial charge on any atom is -0.484 e. The highest BCUT2D eigenvalue weighted by Crippen LogP contribution is 2.25. The van der Waals surface area contributed by atoms with Crippen LogP contribution in [0, 0.1) is 0 Å². The monoisotopic (exact) mass is 543 g/mol.